The quantitative estimate of drug-likeness (QED) is 0.616. The fourth-order valence-corrected chi connectivity index (χ4v) is 1.29. The third kappa shape index (κ3) is 4.65. The van der Waals surface area contributed by atoms with E-state index in [1.54, 1.807) is 0 Å². The Labute approximate surface area is 96.5 Å². The van der Waals surface area contributed by atoms with Crippen molar-refractivity contribution >= 4 is 11.6 Å². The van der Waals surface area contributed by atoms with Gasteiger partial charge in [0.2, 0.25) is 0 Å². The fourth-order valence-electron chi connectivity index (χ4n) is 1.18. The number of benzene rings is 1. The molecule has 0 bridgehead atoms. The minimum Gasteiger partial charge on any atom is -0.301 e. The minimum absolute atomic E-state index is 0.546. The molecule has 0 heterocycles. The van der Waals surface area contributed by atoms with Gasteiger partial charge in [0, 0.05) is 11.6 Å². The fraction of sp³-hybridized carbons (Fsp3) is 0.500. The Bertz CT molecular complexity index is 312. The summed E-state index contributed by atoms with van der Waals surface area (Å²) in [4.78, 5) is 5.29. The van der Waals surface area contributed by atoms with Crippen molar-refractivity contribution in [2.75, 3.05) is 6.61 Å². The molecule has 0 spiro atoms. The summed E-state index contributed by atoms with van der Waals surface area (Å²) < 4.78 is 0. The molecule has 0 amide bonds. The summed E-state index contributed by atoms with van der Waals surface area (Å²) in [5.41, 5.74) is 5.21. The zero-order valence-electron chi connectivity index (χ0n) is 9.51. The number of hydrogen-bond acceptors (Lipinski definition) is 2. The normalized spacial score (nSPS) is 11.0. The molecule has 0 atom stereocenters. The van der Waals surface area contributed by atoms with E-state index in [4.69, 9.17) is 16.4 Å². The van der Waals surface area contributed by atoms with Gasteiger partial charge >= 0.3 is 0 Å². The van der Waals surface area contributed by atoms with Crippen LogP contribution in [0, 0.1) is 12.8 Å². The van der Waals surface area contributed by atoms with Crippen LogP contribution in [0.4, 0.5) is 0 Å². The van der Waals surface area contributed by atoms with E-state index < -0.39 is 0 Å². The minimum atomic E-state index is 0.546. The summed E-state index contributed by atoms with van der Waals surface area (Å²) in [6.07, 6.45) is 0. The van der Waals surface area contributed by atoms with Crippen LogP contribution in [0.2, 0.25) is 5.02 Å². The van der Waals surface area contributed by atoms with Crippen LogP contribution < -0.4 is 5.48 Å². The van der Waals surface area contributed by atoms with Gasteiger partial charge < -0.3 is 4.84 Å². The van der Waals surface area contributed by atoms with Gasteiger partial charge in [0.1, 0.15) is 0 Å². The van der Waals surface area contributed by atoms with E-state index in [1.165, 1.54) is 5.56 Å². The van der Waals surface area contributed by atoms with E-state index in [9.17, 15) is 0 Å². The van der Waals surface area contributed by atoms with Gasteiger partial charge in [-0.25, -0.2) is 0 Å². The van der Waals surface area contributed by atoms with Gasteiger partial charge in [0.05, 0.1) is 6.61 Å². The summed E-state index contributed by atoms with van der Waals surface area (Å²) in [6, 6.07) is 5.98. The first-order valence-electron chi connectivity index (χ1n) is 5.19. The van der Waals surface area contributed by atoms with Gasteiger partial charge in [-0.05, 0) is 30.0 Å². The van der Waals surface area contributed by atoms with Gasteiger partial charge in [-0.2, -0.15) is 5.48 Å². The lowest BCUT2D eigenvalue weighted by molar-refractivity contribution is 0.0196. The highest BCUT2D eigenvalue weighted by atomic mass is 35.5. The highest BCUT2D eigenvalue weighted by Crippen LogP contribution is 2.15. The molecule has 0 unspecified atom stereocenters. The summed E-state index contributed by atoms with van der Waals surface area (Å²) >= 11 is 5.93. The van der Waals surface area contributed by atoms with E-state index in [0.29, 0.717) is 12.5 Å². The Morgan fingerprint density at radius 2 is 2.13 bits per heavy atom. The van der Waals surface area contributed by atoms with Crippen LogP contribution in [0.3, 0.4) is 0 Å². The van der Waals surface area contributed by atoms with E-state index >= 15 is 0 Å². The van der Waals surface area contributed by atoms with Crippen molar-refractivity contribution < 1.29 is 4.84 Å². The van der Waals surface area contributed by atoms with Crippen LogP contribution in [0.15, 0.2) is 18.2 Å². The average Bonchev–Trinajstić information content (AvgIpc) is 2.18. The van der Waals surface area contributed by atoms with E-state index in [2.05, 4.69) is 25.4 Å². The lowest BCUT2D eigenvalue weighted by Crippen LogP contribution is -2.17. The molecule has 1 rings (SSSR count). The first-order valence-corrected chi connectivity index (χ1v) is 5.57. The van der Waals surface area contributed by atoms with E-state index in [1.807, 2.05) is 19.1 Å². The van der Waals surface area contributed by atoms with Crippen LogP contribution in [-0.2, 0) is 11.4 Å². The third-order valence-electron chi connectivity index (χ3n) is 2.02. The number of hydroxylamine groups is 1. The van der Waals surface area contributed by atoms with E-state index in [0.717, 1.165) is 17.2 Å². The van der Waals surface area contributed by atoms with Crippen LogP contribution in [0.1, 0.15) is 25.0 Å². The Morgan fingerprint density at radius 1 is 1.40 bits per heavy atom. The molecule has 0 aliphatic carbocycles. The average molecular weight is 228 g/mol. The number of halogens is 1. The van der Waals surface area contributed by atoms with Gasteiger partial charge in [-0.3, -0.25) is 0 Å². The molecule has 0 saturated heterocycles. The van der Waals surface area contributed by atoms with Gasteiger partial charge in [-0.1, -0.05) is 37.6 Å². The number of hydrogen-bond donors (Lipinski definition) is 1. The predicted molar refractivity (Wildman–Crippen MR) is 63.8 cm³/mol. The zero-order valence-corrected chi connectivity index (χ0v) is 10.3. The lowest BCUT2D eigenvalue weighted by Gasteiger charge is -2.08. The molecule has 0 saturated carbocycles. The molecule has 0 aliphatic heterocycles. The van der Waals surface area contributed by atoms with Gasteiger partial charge in [0.25, 0.3) is 0 Å². The van der Waals surface area contributed by atoms with Crippen LogP contribution >= 0.6 is 11.6 Å². The van der Waals surface area contributed by atoms with Crippen molar-refractivity contribution in [3.8, 4) is 0 Å². The standard InChI is InChI=1S/C12H18ClNO/c1-9(2)8-15-14-7-11-4-5-12(13)10(3)6-11/h4-6,9,14H,7-8H2,1-3H3. The van der Waals surface area contributed by atoms with Crippen molar-refractivity contribution in [1.82, 2.24) is 5.48 Å². The van der Waals surface area contributed by atoms with Crippen molar-refractivity contribution in [2.24, 2.45) is 5.92 Å². The van der Waals surface area contributed by atoms with Crippen molar-refractivity contribution in [2.45, 2.75) is 27.3 Å². The molecular formula is C12H18ClNO. The zero-order chi connectivity index (χ0) is 11.3. The second-order valence-electron chi connectivity index (χ2n) is 4.11. The van der Waals surface area contributed by atoms with Crippen molar-refractivity contribution in [3.05, 3.63) is 34.3 Å². The van der Waals surface area contributed by atoms with Crippen molar-refractivity contribution in [3.63, 3.8) is 0 Å². The Morgan fingerprint density at radius 3 is 2.73 bits per heavy atom. The molecule has 3 heteroatoms. The van der Waals surface area contributed by atoms with Gasteiger partial charge in [-0.15, -0.1) is 0 Å². The maximum Gasteiger partial charge on any atom is 0.0705 e. The topological polar surface area (TPSA) is 21.3 Å². The monoisotopic (exact) mass is 227 g/mol. The Kier molecular flexibility index (Phi) is 5.09. The molecule has 1 aromatic carbocycles. The molecule has 1 N–H and O–H groups in total. The maximum absolute atomic E-state index is 5.93. The molecule has 0 aromatic heterocycles. The van der Waals surface area contributed by atoms with Crippen LogP contribution in [0.25, 0.3) is 0 Å². The van der Waals surface area contributed by atoms with Crippen LogP contribution in [-0.4, -0.2) is 6.61 Å². The highest BCUT2D eigenvalue weighted by Gasteiger charge is 1.98. The molecule has 0 radical (unpaired) electrons. The maximum atomic E-state index is 5.93. The molecule has 1 aromatic rings. The smallest absolute Gasteiger partial charge is 0.0705 e. The predicted octanol–water partition coefficient (Wildman–Crippen LogP) is 3.33. The largest absolute Gasteiger partial charge is 0.301 e. The van der Waals surface area contributed by atoms with Gasteiger partial charge in [0.15, 0.2) is 0 Å². The molecule has 2 nitrogen and oxygen atoms in total. The Hall–Kier alpha value is -0.570. The molecule has 84 valence electrons. The molecule has 15 heavy (non-hydrogen) atoms. The first-order chi connectivity index (χ1) is 7.09. The second kappa shape index (κ2) is 6.11. The molecule has 0 fully saturated rings. The van der Waals surface area contributed by atoms with Crippen molar-refractivity contribution in [1.29, 1.82) is 0 Å². The third-order valence-corrected chi connectivity index (χ3v) is 2.44. The lowest BCUT2D eigenvalue weighted by atomic mass is 10.1. The molecule has 0 aliphatic rings. The number of nitrogens with one attached hydrogen (secondary N) is 1. The molecular weight excluding hydrogens is 210 g/mol. The second-order valence-corrected chi connectivity index (χ2v) is 4.52. The SMILES string of the molecule is Cc1cc(CNOCC(C)C)ccc1Cl. The summed E-state index contributed by atoms with van der Waals surface area (Å²) in [5, 5.41) is 0.807. The Balaban J connectivity index is 2.35. The first kappa shape index (κ1) is 12.5. The summed E-state index contributed by atoms with van der Waals surface area (Å²) in [6.45, 7) is 7.68. The number of aryl methyl sites for hydroxylation is 1. The highest BCUT2D eigenvalue weighted by molar-refractivity contribution is 6.31. The van der Waals surface area contributed by atoms with Crippen LogP contribution in [0.5, 0.6) is 0 Å². The van der Waals surface area contributed by atoms with E-state index in [-0.39, 0.29) is 0 Å². The summed E-state index contributed by atoms with van der Waals surface area (Å²) in [7, 11) is 0. The summed E-state index contributed by atoms with van der Waals surface area (Å²) in [5.74, 6) is 0.546. The number of rotatable bonds is 5.